The second-order valence-electron chi connectivity index (χ2n) is 5.99. The van der Waals surface area contributed by atoms with E-state index in [0.717, 1.165) is 34.4 Å². The zero-order valence-electron chi connectivity index (χ0n) is 14.2. The van der Waals surface area contributed by atoms with Gasteiger partial charge in [-0.15, -0.1) is 11.8 Å². The zero-order chi connectivity index (χ0) is 18.4. The van der Waals surface area contributed by atoms with Crippen LogP contribution in [0.4, 0.5) is 5.69 Å². The maximum atomic E-state index is 12.2. The molecule has 0 aromatic heterocycles. The van der Waals surface area contributed by atoms with Crippen molar-refractivity contribution < 1.29 is 9.59 Å². The van der Waals surface area contributed by atoms with Gasteiger partial charge in [-0.3, -0.25) is 20.4 Å². The van der Waals surface area contributed by atoms with E-state index in [0.29, 0.717) is 0 Å². The van der Waals surface area contributed by atoms with Gasteiger partial charge in [0.05, 0.1) is 12.3 Å². The van der Waals surface area contributed by atoms with Crippen LogP contribution in [-0.2, 0) is 16.0 Å². The van der Waals surface area contributed by atoms with Crippen LogP contribution < -0.4 is 15.8 Å². The third-order valence-corrected chi connectivity index (χ3v) is 5.61. The first-order valence-electron chi connectivity index (χ1n) is 8.41. The normalized spacial score (nSPS) is 13.0. The number of carbonyl (C=O) groups is 2. The van der Waals surface area contributed by atoms with Crippen LogP contribution in [0.1, 0.15) is 12.0 Å². The molecule has 0 atom stereocenters. The van der Waals surface area contributed by atoms with Gasteiger partial charge < -0.3 is 4.90 Å². The monoisotopic (exact) mass is 433 g/mol. The van der Waals surface area contributed by atoms with Crippen LogP contribution in [0.2, 0.25) is 0 Å². The fraction of sp³-hybridized carbons (Fsp3) is 0.263. The van der Waals surface area contributed by atoms with Gasteiger partial charge in [-0.25, -0.2) is 0 Å². The Kier molecular flexibility index (Phi) is 6.57. The Morgan fingerprint density at radius 2 is 1.77 bits per heavy atom. The van der Waals surface area contributed by atoms with Crippen molar-refractivity contribution in [2.75, 3.05) is 23.7 Å². The minimum atomic E-state index is -0.231. The number of hydrogen-bond acceptors (Lipinski definition) is 4. The highest BCUT2D eigenvalue weighted by Crippen LogP contribution is 2.26. The van der Waals surface area contributed by atoms with Crippen LogP contribution in [0.5, 0.6) is 0 Å². The molecule has 1 heterocycles. The van der Waals surface area contributed by atoms with Crippen LogP contribution in [0.25, 0.3) is 0 Å². The number of fused-ring (bicyclic) bond motifs is 1. The van der Waals surface area contributed by atoms with Crippen molar-refractivity contribution in [3.05, 3.63) is 58.6 Å². The highest BCUT2D eigenvalue weighted by molar-refractivity contribution is 9.10. The van der Waals surface area contributed by atoms with Gasteiger partial charge in [0.15, 0.2) is 0 Å². The smallest absolute Gasteiger partial charge is 0.257 e. The summed E-state index contributed by atoms with van der Waals surface area (Å²) in [6, 6.07) is 15.9. The number of anilines is 1. The van der Waals surface area contributed by atoms with Crippen LogP contribution in [0.15, 0.2) is 57.9 Å². The van der Waals surface area contributed by atoms with Crippen molar-refractivity contribution in [1.29, 1.82) is 0 Å². The second kappa shape index (κ2) is 9.09. The summed E-state index contributed by atoms with van der Waals surface area (Å²) in [4.78, 5) is 27.1. The van der Waals surface area contributed by atoms with Crippen molar-refractivity contribution >= 4 is 45.2 Å². The lowest BCUT2D eigenvalue weighted by Crippen LogP contribution is -2.47. The predicted molar refractivity (Wildman–Crippen MR) is 108 cm³/mol. The average Bonchev–Trinajstić information content (AvgIpc) is 2.66. The van der Waals surface area contributed by atoms with E-state index in [4.69, 9.17) is 0 Å². The number of aryl methyl sites for hydroxylation is 1. The molecule has 5 nitrogen and oxygen atoms in total. The maximum absolute atomic E-state index is 12.2. The van der Waals surface area contributed by atoms with Crippen molar-refractivity contribution in [2.24, 2.45) is 0 Å². The standard InChI is InChI=1S/C19H20BrN3O2S/c20-15-7-9-16(10-8-15)26-13-19(25)22-21-18(24)12-23-11-3-5-14-4-1-2-6-17(14)23/h1-2,4,6-10H,3,5,11-13H2,(H,21,24)(H,22,25). The third kappa shape index (κ3) is 5.25. The molecule has 136 valence electrons. The maximum Gasteiger partial charge on any atom is 0.257 e. The Bertz CT molecular complexity index is 783. The molecule has 0 unspecified atom stereocenters. The SMILES string of the molecule is O=C(CSc1ccc(Br)cc1)NNC(=O)CN1CCCc2ccccc21. The molecule has 0 fully saturated rings. The molecule has 0 saturated carbocycles. The summed E-state index contributed by atoms with van der Waals surface area (Å²) in [5, 5.41) is 0. The molecular weight excluding hydrogens is 414 g/mol. The molecular formula is C19H20BrN3O2S. The van der Waals surface area contributed by atoms with E-state index in [1.807, 2.05) is 42.5 Å². The van der Waals surface area contributed by atoms with Crippen molar-refractivity contribution in [3.8, 4) is 0 Å². The molecule has 2 aromatic carbocycles. The quantitative estimate of drug-likeness (QED) is 0.561. The molecule has 26 heavy (non-hydrogen) atoms. The summed E-state index contributed by atoms with van der Waals surface area (Å²) in [5.74, 6) is -0.205. The number of para-hydroxylation sites is 1. The number of hydrazine groups is 1. The fourth-order valence-electron chi connectivity index (χ4n) is 2.84. The van der Waals surface area contributed by atoms with E-state index in [-0.39, 0.29) is 24.1 Å². The van der Waals surface area contributed by atoms with Gasteiger partial charge in [-0.1, -0.05) is 34.1 Å². The number of benzene rings is 2. The summed E-state index contributed by atoms with van der Waals surface area (Å²) < 4.78 is 0.998. The molecule has 0 radical (unpaired) electrons. The molecule has 2 N–H and O–H groups in total. The van der Waals surface area contributed by atoms with Gasteiger partial charge in [0, 0.05) is 21.6 Å². The minimum absolute atomic E-state index is 0.219. The van der Waals surface area contributed by atoms with Gasteiger partial charge in [0.1, 0.15) is 0 Å². The number of amides is 2. The molecule has 2 aromatic rings. The molecule has 2 amide bonds. The van der Waals surface area contributed by atoms with Gasteiger partial charge in [-0.2, -0.15) is 0 Å². The number of nitrogens with one attached hydrogen (secondary N) is 2. The molecule has 3 rings (SSSR count). The van der Waals surface area contributed by atoms with E-state index in [1.165, 1.54) is 17.3 Å². The number of halogens is 1. The van der Waals surface area contributed by atoms with E-state index in [9.17, 15) is 9.59 Å². The predicted octanol–water partition coefficient (Wildman–Crippen LogP) is 3.14. The molecule has 0 saturated heterocycles. The Labute approximate surface area is 165 Å². The van der Waals surface area contributed by atoms with E-state index in [1.54, 1.807) is 0 Å². The molecule has 1 aliphatic heterocycles. The molecule has 0 spiro atoms. The Morgan fingerprint density at radius 1 is 1.04 bits per heavy atom. The van der Waals surface area contributed by atoms with Gasteiger partial charge in [0.2, 0.25) is 5.91 Å². The average molecular weight is 434 g/mol. The molecule has 0 bridgehead atoms. The van der Waals surface area contributed by atoms with Gasteiger partial charge in [0.25, 0.3) is 5.91 Å². The lowest BCUT2D eigenvalue weighted by Gasteiger charge is -2.30. The third-order valence-electron chi connectivity index (χ3n) is 4.07. The highest BCUT2D eigenvalue weighted by atomic mass is 79.9. The van der Waals surface area contributed by atoms with Gasteiger partial charge in [-0.05, 0) is 48.7 Å². The molecule has 1 aliphatic rings. The van der Waals surface area contributed by atoms with E-state index in [2.05, 4.69) is 37.7 Å². The minimum Gasteiger partial charge on any atom is -0.362 e. The van der Waals surface area contributed by atoms with Gasteiger partial charge >= 0.3 is 0 Å². The number of hydrogen-bond donors (Lipinski definition) is 2. The highest BCUT2D eigenvalue weighted by Gasteiger charge is 2.18. The lowest BCUT2D eigenvalue weighted by atomic mass is 10.0. The first-order valence-corrected chi connectivity index (χ1v) is 10.2. The number of thioether (sulfide) groups is 1. The topological polar surface area (TPSA) is 61.4 Å². The number of nitrogens with zero attached hydrogens (tertiary/aromatic N) is 1. The van der Waals surface area contributed by atoms with Crippen molar-refractivity contribution in [2.45, 2.75) is 17.7 Å². The van der Waals surface area contributed by atoms with Crippen LogP contribution in [-0.4, -0.2) is 30.7 Å². The van der Waals surface area contributed by atoms with Crippen molar-refractivity contribution in [3.63, 3.8) is 0 Å². The van der Waals surface area contributed by atoms with Crippen LogP contribution in [0.3, 0.4) is 0 Å². The first-order chi connectivity index (χ1) is 12.6. The number of rotatable bonds is 5. The van der Waals surface area contributed by atoms with E-state index < -0.39 is 0 Å². The molecule has 7 heteroatoms. The molecule has 0 aliphatic carbocycles. The Balaban J connectivity index is 1.43. The first kappa shape index (κ1) is 18.8. The lowest BCUT2D eigenvalue weighted by molar-refractivity contribution is -0.126. The number of carbonyl (C=O) groups excluding carboxylic acids is 2. The summed E-state index contributed by atoms with van der Waals surface area (Å²) in [6.45, 7) is 1.08. The summed E-state index contributed by atoms with van der Waals surface area (Å²) >= 11 is 4.80. The Morgan fingerprint density at radius 3 is 2.58 bits per heavy atom. The summed E-state index contributed by atoms with van der Waals surface area (Å²) in [6.07, 6.45) is 2.07. The van der Waals surface area contributed by atoms with Crippen LogP contribution >= 0.6 is 27.7 Å². The largest absolute Gasteiger partial charge is 0.362 e. The van der Waals surface area contributed by atoms with E-state index >= 15 is 0 Å². The summed E-state index contributed by atoms with van der Waals surface area (Å²) in [7, 11) is 0. The zero-order valence-corrected chi connectivity index (χ0v) is 16.6. The van der Waals surface area contributed by atoms with Crippen LogP contribution in [0, 0.1) is 0 Å². The van der Waals surface area contributed by atoms with Crippen molar-refractivity contribution in [1.82, 2.24) is 10.9 Å². The second-order valence-corrected chi connectivity index (χ2v) is 7.96. The fourth-order valence-corrected chi connectivity index (χ4v) is 3.81. The summed E-state index contributed by atoms with van der Waals surface area (Å²) in [5.41, 5.74) is 7.36. The Hall–Kier alpha value is -1.99.